The third-order valence-corrected chi connectivity index (χ3v) is 5.67. The molecule has 2 unspecified atom stereocenters. The topological polar surface area (TPSA) is 29.1 Å². The van der Waals surface area contributed by atoms with E-state index in [1.807, 2.05) is 0 Å². The molecule has 1 saturated heterocycles. The van der Waals surface area contributed by atoms with Gasteiger partial charge in [-0.25, -0.2) is 0 Å². The van der Waals surface area contributed by atoms with Gasteiger partial charge in [0, 0.05) is 12.0 Å². The highest BCUT2D eigenvalue weighted by Gasteiger charge is 2.37. The fraction of sp³-hybridized carbons (Fsp3) is 0.947. The molecule has 0 aromatic rings. The van der Waals surface area contributed by atoms with Crippen LogP contribution in [0.5, 0.6) is 0 Å². The van der Waals surface area contributed by atoms with Crippen molar-refractivity contribution < 1.29 is 4.79 Å². The van der Waals surface area contributed by atoms with Crippen LogP contribution in [0.2, 0.25) is 0 Å². The van der Waals surface area contributed by atoms with E-state index in [0.29, 0.717) is 11.9 Å². The lowest BCUT2D eigenvalue weighted by molar-refractivity contribution is -0.132. The molecule has 1 saturated carbocycles. The number of hydrogen-bond donors (Lipinski definition) is 1. The summed E-state index contributed by atoms with van der Waals surface area (Å²) in [6.45, 7) is 6.59. The highest BCUT2D eigenvalue weighted by Crippen LogP contribution is 2.36. The molecule has 2 atom stereocenters. The van der Waals surface area contributed by atoms with Crippen molar-refractivity contribution in [2.24, 2.45) is 17.3 Å². The lowest BCUT2D eigenvalue weighted by Crippen LogP contribution is -2.50. The van der Waals surface area contributed by atoms with Crippen molar-refractivity contribution in [3.05, 3.63) is 0 Å². The van der Waals surface area contributed by atoms with Gasteiger partial charge >= 0.3 is 0 Å². The number of hydrogen-bond acceptors (Lipinski definition) is 1. The first-order valence-corrected chi connectivity index (χ1v) is 9.29. The molecule has 1 amide bonds. The van der Waals surface area contributed by atoms with Crippen molar-refractivity contribution in [2.75, 3.05) is 0 Å². The molecule has 0 bridgehead atoms. The monoisotopic (exact) mass is 293 g/mol. The van der Waals surface area contributed by atoms with E-state index in [0.717, 1.165) is 12.3 Å². The highest BCUT2D eigenvalue weighted by atomic mass is 16.2. The molecule has 2 fully saturated rings. The average Bonchev–Trinajstić information content (AvgIpc) is 2.43. The van der Waals surface area contributed by atoms with Gasteiger partial charge in [-0.15, -0.1) is 0 Å². The van der Waals surface area contributed by atoms with Crippen LogP contribution in [0.1, 0.15) is 91.4 Å². The maximum absolute atomic E-state index is 12.5. The van der Waals surface area contributed by atoms with Crippen LogP contribution in [0, 0.1) is 17.3 Å². The summed E-state index contributed by atoms with van der Waals surface area (Å²) in [4.78, 5) is 12.5. The van der Waals surface area contributed by atoms with Crippen LogP contribution in [0.25, 0.3) is 0 Å². The van der Waals surface area contributed by atoms with Gasteiger partial charge in [-0.3, -0.25) is 4.79 Å². The number of piperidine rings is 1. The quantitative estimate of drug-likeness (QED) is 0.718. The van der Waals surface area contributed by atoms with Gasteiger partial charge in [0.1, 0.15) is 0 Å². The van der Waals surface area contributed by atoms with Gasteiger partial charge in [0.25, 0.3) is 0 Å². The van der Waals surface area contributed by atoms with Crippen molar-refractivity contribution in [3.8, 4) is 0 Å². The molecular formula is C19H35NO. The van der Waals surface area contributed by atoms with Gasteiger partial charge in [0.2, 0.25) is 5.91 Å². The lowest BCUT2D eigenvalue weighted by Gasteiger charge is -2.39. The Balaban J connectivity index is 1.90. The molecule has 1 heterocycles. The van der Waals surface area contributed by atoms with Crippen molar-refractivity contribution >= 4 is 5.91 Å². The summed E-state index contributed by atoms with van der Waals surface area (Å²) in [5.41, 5.74) is 0.103. The summed E-state index contributed by atoms with van der Waals surface area (Å²) < 4.78 is 0. The van der Waals surface area contributed by atoms with Gasteiger partial charge in [0.15, 0.2) is 0 Å². The fourth-order valence-electron chi connectivity index (χ4n) is 4.26. The molecule has 0 spiro atoms. The number of carbonyl (C=O) groups is 1. The predicted molar refractivity (Wildman–Crippen MR) is 89.2 cm³/mol. The lowest BCUT2D eigenvalue weighted by atomic mass is 9.72. The second-order valence-electron chi connectivity index (χ2n) is 8.42. The van der Waals surface area contributed by atoms with Gasteiger partial charge in [-0.2, -0.15) is 0 Å². The summed E-state index contributed by atoms with van der Waals surface area (Å²) in [5.74, 6) is 1.25. The second-order valence-corrected chi connectivity index (χ2v) is 8.42. The molecule has 2 nitrogen and oxygen atoms in total. The molecule has 1 aliphatic carbocycles. The maximum Gasteiger partial charge on any atom is 0.223 e. The minimum atomic E-state index is 0.103. The first-order chi connectivity index (χ1) is 9.98. The number of nitrogens with one attached hydrogen (secondary N) is 1. The summed E-state index contributed by atoms with van der Waals surface area (Å²) in [5, 5.41) is 3.39. The van der Waals surface area contributed by atoms with Crippen LogP contribution in [-0.4, -0.2) is 11.9 Å². The first kappa shape index (κ1) is 16.8. The molecule has 2 heteroatoms. The average molecular weight is 293 g/mol. The first-order valence-electron chi connectivity index (χ1n) is 9.29. The summed E-state index contributed by atoms with van der Waals surface area (Å²) in [6.07, 6.45) is 14.7. The fourth-order valence-corrected chi connectivity index (χ4v) is 4.26. The van der Waals surface area contributed by atoms with Crippen molar-refractivity contribution in [2.45, 2.75) is 97.4 Å². The molecule has 1 aliphatic heterocycles. The molecule has 0 aromatic heterocycles. The van der Waals surface area contributed by atoms with E-state index in [-0.39, 0.29) is 11.3 Å². The highest BCUT2D eigenvalue weighted by molar-refractivity contribution is 5.80. The van der Waals surface area contributed by atoms with Crippen LogP contribution in [-0.2, 0) is 4.79 Å². The van der Waals surface area contributed by atoms with Gasteiger partial charge in [0.05, 0.1) is 0 Å². The second kappa shape index (κ2) is 7.65. The Labute approximate surface area is 131 Å². The number of rotatable bonds is 1. The van der Waals surface area contributed by atoms with Gasteiger partial charge < -0.3 is 5.32 Å². The van der Waals surface area contributed by atoms with E-state index in [2.05, 4.69) is 26.1 Å². The Morgan fingerprint density at radius 1 is 0.810 bits per heavy atom. The zero-order valence-electron chi connectivity index (χ0n) is 14.4. The number of amides is 1. The zero-order valence-corrected chi connectivity index (χ0v) is 14.4. The van der Waals surface area contributed by atoms with Gasteiger partial charge in [-0.05, 0) is 37.0 Å². The molecule has 0 aromatic carbocycles. The van der Waals surface area contributed by atoms with E-state index in [4.69, 9.17) is 0 Å². The standard InChI is InChI=1S/C19H35NO/c1-19(2,3)16-13-14-17(20-18(16)21)15-11-9-7-5-4-6-8-10-12-15/h15-17H,4-14H2,1-3H3,(H,20,21). The maximum atomic E-state index is 12.5. The molecule has 122 valence electrons. The summed E-state index contributed by atoms with van der Waals surface area (Å²) in [7, 11) is 0. The van der Waals surface area contributed by atoms with Crippen molar-refractivity contribution in [3.63, 3.8) is 0 Å². The van der Waals surface area contributed by atoms with Crippen LogP contribution in [0.3, 0.4) is 0 Å². The van der Waals surface area contributed by atoms with E-state index in [1.165, 1.54) is 64.2 Å². The third-order valence-electron chi connectivity index (χ3n) is 5.67. The Morgan fingerprint density at radius 2 is 1.33 bits per heavy atom. The van der Waals surface area contributed by atoms with Crippen molar-refractivity contribution in [1.29, 1.82) is 0 Å². The smallest absolute Gasteiger partial charge is 0.223 e. The van der Waals surface area contributed by atoms with Crippen LogP contribution >= 0.6 is 0 Å². The molecule has 21 heavy (non-hydrogen) atoms. The van der Waals surface area contributed by atoms with E-state index in [1.54, 1.807) is 0 Å². The van der Waals surface area contributed by atoms with Crippen LogP contribution < -0.4 is 5.32 Å². The van der Waals surface area contributed by atoms with Gasteiger partial charge in [-0.1, -0.05) is 65.7 Å². The minimum absolute atomic E-state index is 0.103. The summed E-state index contributed by atoms with van der Waals surface area (Å²) in [6, 6.07) is 0.454. The molecule has 2 aliphatic rings. The summed E-state index contributed by atoms with van der Waals surface area (Å²) >= 11 is 0. The Bertz CT molecular complexity index is 321. The van der Waals surface area contributed by atoms with Crippen LogP contribution in [0.15, 0.2) is 0 Å². The van der Waals surface area contributed by atoms with Crippen LogP contribution in [0.4, 0.5) is 0 Å². The molecule has 1 N–H and O–H groups in total. The predicted octanol–water partition coefficient (Wildman–Crippen LogP) is 5.07. The number of carbonyl (C=O) groups excluding carboxylic acids is 1. The normalized spacial score (nSPS) is 30.7. The third kappa shape index (κ3) is 5.00. The zero-order chi connectivity index (χ0) is 15.3. The Kier molecular flexibility index (Phi) is 6.13. The van der Waals surface area contributed by atoms with E-state index in [9.17, 15) is 4.79 Å². The van der Waals surface area contributed by atoms with E-state index >= 15 is 0 Å². The molecule has 0 radical (unpaired) electrons. The Morgan fingerprint density at radius 3 is 1.81 bits per heavy atom. The van der Waals surface area contributed by atoms with Crippen molar-refractivity contribution in [1.82, 2.24) is 5.32 Å². The molecular weight excluding hydrogens is 258 g/mol. The minimum Gasteiger partial charge on any atom is -0.353 e. The Hall–Kier alpha value is -0.530. The van der Waals surface area contributed by atoms with E-state index < -0.39 is 0 Å². The SMILES string of the molecule is CC(C)(C)C1CCC(C2CCCCCCCCC2)NC1=O. The largest absolute Gasteiger partial charge is 0.353 e. The molecule has 2 rings (SSSR count).